The predicted octanol–water partition coefficient (Wildman–Crippen LogP) is 2.66. The number of rotatable bonds is 7. The van der Waals surface area contributed by atoms with Gasteiger partial charge in [-0.1, -0.05) is 5.16 Å². The topological polar surface area (TPSA) is 71.6 Å². The van der Waals surface area contributed by atoms with E-state index in [0.717, 1.165) is 43.9 Å². The number of ether oxygens (including phenoxy) is 1. The lowest BCUT2D eigenvalue weighted by Crippen LogP contribution is -2.35. The molecule has 1 saturated heterocycles. The Morgan fingerprint density at radius 1 is 1.28 bits per heavy atom. The number of aliphatic hydroxyl groups is 1. The smallest absolute Gasteiger partial charge is 0.229 e. The van der Waals surface area contributed by atoms with Crippen molar-refractivity contribution in [2.24, 2.45) is 0 Å². The molecule has 0 amide bonds. The summed E-state index contributed by atoms with van der Waals surface area (Å²) in [6.45, 7) is 1.54. The van der Waals surface area contributed by atoms with Crippen LogP contribution < -0.4 is 4.74 Å². The number of β-amino-alcohol motifs (C(OH)–C–C–N with tert-alkyl or cyclic N) is 1. The second-order valence-corrected chi connectivity index (χ2v) is 6.84. The lowest BCUT2D eigenvalue weighted by molar-refractivity contribution is 0.0623. The van der Waals surface area contributed by atoms with Gasteiger partial charge < -0.3 is 14.4 Å². The van der Waals surface area contributed by atoms with Gasteiger partial charge in [0.05, 0.1) is 6.04 Å². The van der Waals surface area contributed by atoms with E-state index in [9.17, 15) is 9.50 Å². The molecule has 2 heterocycles. The molecule has 134 valence electrons. The maximum atomic E-state index is 12.9. The highest BCUT2D eigenvalue weighted by atomic mass is 19.1. The number of nitrogens with zero attached hydrogens (tertiary/aromatic N) is 3. The monoisotopic (exact) mass is 347 g/mol. The number of halogens is 1. The summed E-state index contributed by atoms with van der Waals surface area (Å²) in [7, 11) is 0. The van der Waals surface area contributed by atoms with E-state index in [1.165, 1.54) is 12.1 Å². The van der Waals surface area contributed by atoms with Crippen molar-refractivity contribution >= 4 is 0 Å². The Hall–Kier alpha value is -1.99. The number of likely N-dealkylation sites (tertiary alicyclic amines) is 1. The zero-order chi connectivity index (χ0) is 17.2. The van der Waals surface area contributed by atoms with Crippen LogP contribution in [-0.4, -0.2) is 45.9 Å². The average molecular weight is 347 g/mol. The van der Waals surface area contributed by atoms with Crippen LogP contribution in [0, 0.1) is 5.82 Å². The number of hydrogen-bond donors (Lipinski definition) is 1. The van der Waals surface area contributed by atoms with Gasteiger partial charge in [-0.05, 0) is 56.5 Å². The Morgan fingerprint density at radius 3 is 2.84 bits per heavy atom. The number of hydrogen-bond acceptors (Lipinski definition) is 6. The van der Waals surface area contributed by atoms with E-state index in [2.05, 4.69) is 15.0 Å². The van der Waals surface area contributed by atoms with Crippen molar-refractivity contribution in [1.29, 1.82) is 0 Å². The average Bonchev–Trinajstić information content (AvgIpc) is 3.16. The fourth-order valence-electron chi connectivity index (χ4n) is 3.26. The summed E-state index contributed by atoms with van der Waals surface area (Å²) in [6.07, 6.45) is 3.64. The lowest BCUT2D eigenvalue weighted by Gasteiger charge is -2.24. The molecular weight excluding hydrogens is 325 g/mol. The van der Waals surface area contributed by atoms with Crippen molar-refractivity contribution in [2.75, 3.05) is 19.7 Å². The summed E-state index contributed by atoms with van der Waals surface area (Å²) in [5, 5.41) is 14.4. The van der Waals surface area contributed by atoms with E-state index in [0.29, 0.717) is 18.2 Å². The number of benzene rings is 1. The molecule has 2 atom stereocenters. The molecule has 4 rings (SSSR count). The molecule has 6 nitrogen and oxygen atoms in total. The van der Waals surface area contributed by atoms with Crippen LogP contribution >= 0.6 is 0 Å². The van der Waals surface area contributed by atoms with E-state index < -0.39 is 6.10 Å². The van der Waals surface area contributed by atoms with Crippen molar-refractivity contribution in [3.63, 3.8) is 0 Å². The van der Waals surface area contributed by atoms with E-state index in [1.807, 2.05) is 0 Å². The van der Waals surface area contributed by atoms with Gasteiger partial charge in [-0.3, -0.25) is 4.90 Å². The molecular formula is C18H22FN3O3. The molecule has 0 radical (unpaired) electrons. The summed E-state index contributed by atoms with van der Waals surface area (Å²) in [5.74, 6) is 2.17. The van der Waals surface area contributed by atoms with Gasteiger partial charge in [0, 0.05) is 12.5 Å². The summed E-state index contributed by atoms with van der Waals surface area (Å²) >= 11 is 0. The molecule has 1 aromatic heterocycles. The van der Waals surface area contributed by atoms with Crippen LogP contribution in [0.2, 0.25) is 0 Å². The third-order valence-corrected chi connectivity index (χ3v) is 4.75. The highest BCUT2D eigenvalue weighted by Gasteiger charge is 2.34. The molecule has 1 aliphatic carbocycles. The molecule has 1 N–H and O–H groups in total. The van der Waals surface area contributed by atoms with E-state index in [4.69, 9.17) is 9.26 Å². The normalized spacial score (nSPS) is 22.2. The highest BCUT2D eigenvalue weighted by molar-refractivity contribution is 5.22. The van der Waals surface area contributed by atoms with Gasteiger partial charge in [-0.15, -0.1) is 0 Å². The van der Waals surface area contributed by atoms with Crippen LogP contribution in [-0.2, 0) is 0 Å². The Labute approximate surface area is 145 Å². The molecule has 2 fully saturated rings. The molecule has 7 heteroatoms. The fourth-order valence-corrected chi connectivity index (χ4v) is 3.26. The molecule has 25 heavy (non-hydrogen) atoms. The quantitative estimate of drug-likeness (QED) is 0.830. The maximum absolute atomic E-state index is 12.9. The molecule has 1 aliphatic heterocycles. The first kappa shape index (κ1) is 16.5. The minimum Gasteiger partial charge on any atom is -0.491 e. The van der Waals surface area contributed by atoms with Crippen molar-refractivity contribution in [1.82, 2.24) is 15.0 Å². The Morgan fingerprint density at radius 2 is 2.08 bits per heavy atom. The fraction of sp³-hybridized carbons (Fsp3) is 0.556. The first-order chi connectivity index (χ1) is 12.2. The zero-order valence-electron chi connectivity index (χ0n) is 14.0. The van der Waals surface area contributed by atoms with Crippen LogP contribution in [0.3, 0.4) is 0 Å². The third kappa shape index (κ3) is 3.99. The zero-order valence-corrected chi connectivity index (χ0v) is 14.0. The first-order valence-corrected chi connectivity index (χ1v) is 8.83. The van der Waals surface area contributed by atoms with Gasteiger partial charge in [-0.25, -0.2) is 4.39 Å². The van der Waals surface area contributed by atoms with Crippen molar-refractivity contribution < 1.29 is 18.8 Å². The maximum Gasteiger partial charge on any atom is 0.229 e. The summed E-state index contributed by atoms with van der Waals surface area (Å²) in [6, 6.07) is 5.88. The van der Waals surface area contributed by atoms with Crippen LogP contribution in [0.4, 0.5) is 4.39 Å². The van der Waals surface area contributed by atoms with Gasteiger partial charge >= 0.3 is 0 Å². The third-order valence-electron chi connectivity index (χ3n) is 4.75. The molecule has 2 aromatic rings. The SMILES string of the molecule is O[C@@H](COc1ccc(F)cc1)CN1CCC[C@H]1c1noc(C2CC2)n1. The summed E-state index contributed by atoms with van der Waals surface area (Å²) in [5.41, 5.74) is 0. The lowest BCUT2D eigenvalue weighted by atomic mass is 10.2. The minimum atomic E-state index is -0.638. The minimum absolute atomic E-state index is 0.0942. The molecule has 1 aromatic carbocycles. The van der Waals surface area contributed by atoms with Crippen LogP contribution in [0.5, 0.6) is 5.75 Å². The van der Waals surface area contributed by atoms with Crippen LogP contribution in [0.1, 0.15) is 49.4 Å². The Kier molecular flexibility index (Phi) is 4.67. The van der Waals surface area contributed by atoms with Crippen molar-refractivity contribution in [3.8, 4) is 5.75 Å². The van der Waals surface area contributed by atoms with Crippen molar-refractivity contribution in [3.05, 3.63) is 41.8 Å². The molecule has 0 spiro atoms. The standard InChI is InChI=1S/C18H22FN3O3/c19-13-5-7-15(8-6-13)24-11-14(23)10-22-9-1-2-16(22)17-20-18(25-21-17)12-3-4-12/h5-8,12,14,16,23H,1-4,9-11H2/t14-,16+/m1/s1. The van der Waals surface area contributed by atoms with Gasteiger partial charge in [0.1, 0.15) is 24.3 Å². The molecule has 0 bridgehead atoms. The summed E-state index contributed by atoms with van der Waals surface area (Å²) < 4.78 is 23.8. The Bertz CT molecular complexity index is 702. The number of aromatic nitrogens is 2. The molecule has 2 aliphatic rings. The first-order valence-electron chi connectivity index (χ1n) is 8.83. The largest absolute Gasteiger partial charge is 0.491 e. The van der Waals surface area contributed by atoms with Crippen LogP contribution in [0.25, 0.3) is 0 Å². The van der Waals surface area contributed by atoms with Crippen molar-refractivity contribution in [2.45, 2.75) is 43.7 Å². The summed E-state index contributed by atoms with van der Waals surface area (Å²) in [4.78, 5) is 6.73. The molecule has 0 unspecified atom stereocenters. The van der Waals surface area contributed by atoms with E-state index in [1.54, 1.807) is 12.1 Å². The van der Waals surface area contributed by atoms with Gasteiger partial charge in [-0.2, -0.15) is 4.98 Å². The Balaban J connectivity index is 1.31. The number of aliphatic hydroxyl groups excluding tert-OH is 1. The van der Waals surface area contributed by atoms with E-state index in [-0.39, 0.29) is 18.5 Å². The second-order valence-electron chi connectivity index (χ2n) is 6.84. The highest BCUT2D eigenvalue weighted by Crippen LogP contribution is 2.40. The van der Waals surface area contributed by atoms with Gasteiger partial charge in [0.2, 0.25) is 5.89 Å². The van der Waals surface area contributed by atoms with Crippen LogP contribution in [0.15, 0.2) is 28.8 Å². The van der Waals surface area contributed by atoms with Gasteiger partial charge in [0.25, 0.3) is 0 Å². The van der Waals surface area contributed by atoms with Gasteiger partial charge in [0.15, 0.2) is 5.82 Å². The predicted molar refractivity (Wildman–Crippen MR) is 87.7 cm³/mol. The molecule has 1 saturated carbocycles. The van der Waals surface area contributed by atoms with E-state index >= 15 is 0 Å². The second kappa shape index (κ2) is 7.09.